The second kappa shape index (κ2) is 5.48. The molecule has 16 heavy (non-hydrogen) atoms. The normalized spacial score (nSPS) is 23.6. The van der Waals surface area contributed by atoms with Gasteiger partial charge in [0.05, 0.1) is 0 Å². The van der Waals surface area contributed by atoms with Gasteiger partial charge in [-0.15, -0.1) is 0 Å². The lowest BCUT2D eigenvalue weighted by Crippen LogP contribution is -2.49. The lowest BCUT2D eigenvalue weighted by molar-refractivity contribution is 0.182. The fraction of sp³-hybridized carbons (Fsp3) is 1.00. The van der Waals surface area contributed by atoms with Crippen molar-refractivity contribution in [2.75, 3.05) is 33.7 Å². The van der Waals surface area contributed by atoms with Crippen LogP contribution in [0.5, 0.6) is 0 Å². The van der Waals surface area contributed by atoms with Gasteiger partial charge >= 0.3 is 0 Å². The number of rotatable bonds is 5. The van der Waals surface area contributed by atoms with Gasteiger partial charge in [0.1, 0.15) is 0 Å². The molecular formula is C13H29N3. The second-order valence-electron chi connectivity index (χ2n) is 6.16. The van der Waals surface area contributed by atoms with Gasteiger partial charge in [-0.2, -0.15) is 0 Å². The molecular weight excluding hydrogens is 198 g/mol. The van der Waals surface area contributed by atoms with Crippen molar-refractivity contribution in [2.24, 2.45) is 0 Å². The van der Waals surface area contributed by atoms with Gasteiger partial charge in [-0.3, -0.25) is 4.90 Å². The predicted octanol–water partition coefficient (Wildman–Crippen LogP) is 1.40. The van der Waals surface area contributed by atoms with Crippen LogP contribution in [-0.4, -0.2) is 61.2 Å². The first kappa shape index (κ1) is 13.9. The van der Waals surface area contributed by atoms with Crippen molar-refractivity contribution in [2.45, 2.75) is 51.7 Å². The number of hydrogen-bond acceptors (Lipinski definition) is 3. The second-order valence-corrected chi connectivity index (χ2v) is 6.16. The van der Waals surface area contributed by atoms with E-state index >= 15 is 0 Å². The van der Waals surface area contributed by atoms with Crippen molar-refractivity contribution in [3.05, 3.63) is 0 Å². The molecule has 3 heteroatoms. The molecule has 1 aliphatic rings. The van der Waals surface area contributed by atoms with Crippen LogP contribution in [0.15, 0.2) is 0 Å². The maximum atomic E-state index is 3.70. The van der Waals surface area contributed by atoms with E-state index in [2.05, 4.69) is 56.9 Å². The summed E-state index contributed by atoms with van der Waals surface area (Å²) in [6, 6.07) is 1.37. The zero-order valence-electron chi connectivity index (χ0n) is 11.9. The molecule has 0 aliphatic carbocycles. The highest BCUT2D eigenvalue weighted by Gasteiger charge is 2.26. The zero-order valence-corrected chi connectivity index (χ0v) is 11.9. The lowest BCUT2D eigenvalue weighted by atomic mass is 10.0. The molecule has 3 nitrogen and oxygen atoms in total. The van der Waals surface area contributed by atoms with Gasteiger partial charge in [0, 0.05) is 30.7 Å². The SMILES string of the molecule is CC(C)N1CCC(NCC(C)(C)N(C)C)C1. The molecule has 1 N–H and O–H groups in total. The van der Waals surface area contributed by atoms with Crippen molar-refractivity contribution in [3.8, 4) is 0 Å². The van der Waals surface area contributed by atoms with Crippen molar-refractivity contribution in [3.63, 3.8) is 0 Å². The molecule has 1 rings (SSSR count). The standard InChI is InChI=1S/C13H29N3/c1-11(2)16-8-7-12(9-16)14-10-13(3,4)15(5)6/h11-12,14H,7-10H2,1-6H3. The number of likely N-dealkylation sites (N-methyl/N-ethyl adjacent to an activating group) is 1. The third-order valence-electron chi connectivity index (χ3n) is 3.98. The van der Waals surface area contributed by atoms with Gasteiger partial charge in [-0.25, -0.2) is 0 Å². The van der Waals surface area contributed by atoms with Crippen LogP contribution in [0.2, 0.25) is 0 Å². The van der Waals surface area contributed by atoms with E-state index in [-0.39, 0.29) is 5.54 Å². The summed E-state index contributed by atoms with van der Waals surface area (Å²) in [5.41, 5.74) is 0.241. The molecule has 1 fully saturated rings. The van der Waals surface area contributed by atoms with E-state index in [1.54, 1.807) is 0 Å². The monoisotopic (exact) mass is 227 g/mol. The van der Waals surface area contributed by atoms with Crippen molar-refractivity contribution < 1.29 is 0 Å². The van der Waals surface area contributed by atoms with E-state index in [0.717, 1.165) is 6.54 Å². The van der Waals surface area contributed by atoms with Crippen LogP contribution in [0.3, 0.4) is 0 Å². The van der Waals surface area contributed by atoms with Crippen LogP contribution < -0.4 is 5.32 Å². The summed E-state index contributed by atoms with van der Waals surface area (Å²) in [5, 5.41) is 3.70. The Morgan fingerprint density at radius 3 is 2.44 bits per heavy atom. The van der Waals surface area contributed by atoms with Gasteiger partial charge < -0.3 is 10.2 Å². The quantitative estimate of drug-likeness (QED) is 0.766. The highest BCUT2D eigenvalue weighted by Crippen LogP contribution is 2.14. The van der Waals surface area contributed by atoms with Crippen molar-refractivity contribution >= 4 is 0 Å². The van der Waals surface area contributed by atoms with Crippen LogP contribution in [0.1, 0.15) is 34.1 Å². The number of nitrogens with zero attached hydrogens (tertiary/aromatic N) is 2. The van der Waals surface area contributed by atoms with E-state index in [1.807, 2.05) is 0 Å². The van der Waals surface area contributed by atoms with Crippen LogP contribution in [-0.2, 0) is 0 Å². The molecule has 0 spiro atoms. The maximum Gasteiger partial charge on any atom is 0.0271 e. The molecule has 1 aliphatic heterocycles. The van der Waals surface area contributed by atoms with E-state index in [0.29, 0.717) is 12.1 Å². The molecule has 96 valence electrons. The molecule has 1 heterocycles. The number of likely N-dealkylation sites (tertiary alicyclic amines) is 1. The minimum absolute atomic E-state index is 0.241. The maximum absolute atomic E-state index is 3.70. The Balaban J connectivity index is 2.30. The highest BCUT2D eigenvalue weighted by atomic mass is 15.2. The van der Waals surface area contributed by atoms with Crippen LogP contribution >= 0.6 is 0 Å². The van der Waals surface area contributed by atoms with E-state index in [4.69, 9.17) is 0 Å². The lowest BCUT2D eigenvalue weighted by Gasteiger charge is -2.34. The molecule has 0 aromatic carbocycles. The van der Waals surface area contributed by atoms with E-state index < -0.39 is 0 Å². The summed E-state index contributed by atoms with van der Waals surface area (Å²) in [6.07, 6.45) is 1.29. The van der Waals surface area contributed by atoms with E-state index in [1.165, 1.54) is 19.5 Å². The first-order valence-corrected chi connectivity index (χ1v) is 6.48. The minimum atomic E-state index is 0.241. The Hall–Kier alpha value is -0.120. The van der Waals surface area contributed by atoms with Gasteiger partial charge in [-0.05, 0) is 54.8 Å². The topological polar surface area (TPSA) is 18.5 Å². The molecule has 0 amide bonds. The van der Waals surface area contributed by atoms with E-state index in [9.17, 15) is 0 Å². The third-order valence-corrected chi connectivity index (χ3v) is 3.98. The predicted molar refractivity (Wildman–Crippen MR) is 70.9 cm³/mol. The molecule has 0 aromatic rings. The molecule has 0 radical (unpaired) electrons. The summed E-state index contributed by atoms with van der Waals surface area (Å²) in [4.78, 5) is 4.84. The summed E-state index contributed by atoms with van der Waals surface area (Å²) in [7, 11) is 4.30. The van der Waals surface area contributed by atoms with Crippen molar-refractivity contribution in [1.29, 1.82) is 0 Å². The average Bonchev–Trinajstić information content (AvgIpc) is 2.63. The molecule has 0 aromatic heterocycles. The van der Waals surface area contributed by atoms with Crippen LogP contribution in [0, 0.1) is 0 Å². The summed E-state index contributed by atoms with van der Waals surface area (Å²) < 4.78 is 0. The first-order valence-electron chi connectivity index (χ1n) is 6.48. The molecule has 0 bridgehead atoms. The smallest absolute Gasteiger partial charge is 0.0271 e. The third kappa shape index (κ3) is 3.72. The molecule has 0 saturated carbocycles. The number of hydrogen-bond donors (Lipinski definition) is 1. The van der Waals surface area contributed by atoms with Crippen LogP contribution in [0.4, 0.5) is 0 Å². The average molecular weight is 227 g/mol. The first-order chi connectivity index (χ1) is 7.33. The fourth-order valence-electron chi connectivity index (χ4n) is 1.98. The van der Waals surface area contributed by atoms with Gasteiger partial charge in [0.25, 0.3) is 0 Å². The largest absolute Gasteiger partial charge is 0.311 e. The summed E-state index contributed by atoms with van der Waals surface area (Å²) >= 11 is 0. The van der Waals surface area contributed by atoms with Gasteiger partial charge in [0.2, 0.25) is 0 Å². The van der Waals surface area contributed by atoms with Crippen LogP contribution in [0.25, 0.3) is 0 Å². The molecule has 1 unspecified atom stereocenters. The Kier molecular flexibility index (Phi) is 4.77. The Morgan fingerprint density at radius 1 is 1.38 bits per heavy atom. The number of nitrogens with one attached hydrogen (secondary N) is 1. The summed E-state index contributed by atoms with van der Waals surface area (Å²) in [5.74, 6) is 0. The Bertz CT molecular complexity index is 211. The van der Waals surface area contributed by atoms with Crippen molar-refractivity contribution in [1.82, 2.24) is 15.1 Å². The molecule has 1 atom stereocenters. The van der Waals surface area contributed by atoms with Gasteiger partial charge in [0.15, 0.2) is 0 Å². The summed E-state index contributed by atoms with van der Waals surface area (Å²) in [6.45, 7) is 12.7. The zero-order chi connectivity index (χ0) is 12.3. The van der Waals surface area contributed by atoms with Gasteiger partial charge in [-0.1, -0.05) is 0 Å². The molecule has 1 saturated heterocycles. The minimum Gasteiger partial charge on any atom is -0.311 e. The Labute approximate surface area is 101 Å². The Morgan fingerprint density at radius 2 is 2.00 bits per heavy atom. The fourth-order valence-corrected chi connectivity index (χ4v) is 1.98. The highest BCUT2D eigenvalue weighted by molar-refractivity contribution is 4.87.